The number of halogens is 1. The summed E-state index contributed by atoms with van der Waals surface area (Å²) >= 11 is 1.54. The Hall–Kier alpha value is -1.49. The molecule has 0 aliphatic heterocycles. The van der Waals surface area contributed by atoms with Crippen molar-refractivity contribution < 1.29 is 9.18 Å². The van der Waals surface area contributed by atoms with Crippen LogP contribution in [0.3, 0.4) is 0 Å². The Labute approximate surface area is 90.2 Å². The molecule has 2 rings (SSSR count). The highest BCUT2D eigenvalue weighted by molar-refractivity contribution is 7.13. The zero-order valence-corrected chi connectivity index (χ0v) is 8.71. The van der Waals surface area contributed by atoms with E-state index in [0.29, 0.717) is 12.0 Å². The lowest BCUT2D eigenvalue weighted by Gasteiger charge is -1.97. The van der Waals surface area contributed by atoms with E-state index < -0.39 is 6.67 Å². The molecule has 0 spiro atoms. The second-order valence-corrected chi connectivity index (χ2v) is 3.91. The van der Waals surface area contributed by atoms with Crippen LogP contribution in [0.25, 0.3) is 10.6 Å². The van der Waals surface area contributed by atoms with Gasteiger partial charge in [0, 0.05) is 0 Å². The van der Waals surface area contributed by atoms with Gasteiger partial charge in [0.1, 0.15) is 18.1 Å². The smallest absolute Gasteiger partial charge is 0.168 e. The van der Waals surface area contributed by atoms with Crippen LogP contribution in [0, 0.1) is 0 Å². The van der Waals surface area contributed by atoms with E-state index in [2.05, 4.69) is 5.10 Å². The van der Waals surface area contributed by atoms with Crippen LogP contribution < -0.4 is 0 Å². The Morgan fingerprint density at radius 3 is 3.07 bits per heavy atom. The molecule has 0 aromatic carbocycles. The highest BCUT2D eigenvalue weighted by atomic mass is 32.1. The van der Waals surface area contributed by atoms with E-state index in [0.717, 1.165) is 10.6 Å². The number of carbonyl (C=O) groups excluding carboxylic acids is 1. The fourth-order valence-electron chi connectivity index (χ4n) is 1.33. The number of aryl methyl sites for hydroxylation is 1. The molecule has 2 heterocycles. The van der Waals surface area contributed by atoms with E-state index in [1.165, 1.54) is 4.68 Å². The second kappa shape index (κ2) is 4.35. The first-order valence-corrected chi connectivity index (χ1v) is 5.36. The maximum Gasteiger partial charge on any atom is 0.168 e. The molecule has 0 unspecified atom stereocenters. The molecule has 0 amide bonds. The molecule has 78 valence electrons. The zero-order valence-electron chi connectivity index (χ0n) is 7.89. The topological polar surface area (TPSA) is 34.9 Å². The van der Waals surface area contributed by atoms with Crippen molar-refractivity contribution in [1.29, 1.82) is 0 Å². The Balaban J connectivity index is 2.38. The summed E-state index contributed by atoms with van der Waals surface area (Å²) in [5, 5.41) is 6.10. The summed E-state index contributed by atoms with van der Waals surface area (Å²) in [4.78, 5) is 11.7. The lowest BCUT2D eigenvalue weighted by molar-refractivity contribution is 0.111. The predicted molar refractivity (Wildman–Crippen MR) is 56.9 cm³/mol. The fraction of sp³-hybridized carbons (Fsp3) is 0.200. The van der Waals surface area contributed by atoms with Crippen molar-refractivity contribution in [3.8, 4) is 10.6 Å². The standard InChI is InChI=1S/C10H9FN2OS/c11-3-4-13-8(7-14)6-9(12-13)10-2-1-5-15-10/h1-2,5-7H,3-4H2. The molecule has 2 aromatic heterocycles. The first-order chi connectivity index (χ1) is 7.35. The van der Waals surface area contributed by atoms with Gasteiger partial charge in [-0.2, -0.15) is 5.10 Å². The lowest BCUT2D eigenvalue weighted by atomic mass is 10.3. The van der Waals surface area contributed by atoms with Gasteiger partial charge >= 0.3 is 0 Å². The molecule has 0 saturated carbocycles. The molecule has 0 radical (unpaired) electrons. The minimum absolute atomic E-state index is 0.124. The molecule has 0 aliphatic rings. The molecular formula is C10H9FN2OS. The molecule has 0 aliphatic carbocycles. The molecule has 0 atom stereocenters. The molecule has 3 nitrogen and oxygen atoms in total. The highest BCUT2D eigenvalue weighted by Crippen LogP contribution is 2.23. The Bertz CT molecular complexity index is 450. The first-order valence-electron chi connectivity index (χ1n) is 4.48. The quantitative estimate of drug-likeness (QED) is 0.747. The molecule has 15 heavy (non-hydrogen) atoms. The average molecular weight is 224 g/mol. The van der Waals surface area contributed by atoms with Crippen LogP contribution >= 0.6 is 11.3 Å². The number of rotatable bonds is 4. The molecule has 0 fully saturated rings. The van der Waals surface area contributed by atoms with Gasteiger partial charge in [-0.25, -0.2) is 4.39 Å². The normalized spacial score (nSPS) is 10.5. The number of aldehydes is 1. The monoisotopic (exact) mass is 224 g/mol. The van der Waals surface area contributed by atoms with Gasteiger partial charge in [0.15, 0.2) is 6.29 Å². The van der Waals surface area contributed by atoms with Gasteiger partial charge in [-0.15, -0.1) is 11.3 Å². The van der Waals surface area contributed by atoms with Gasteiger partial charge < -0.3 is 0 Å². The van der Waals surface area contributed by atoms with Gasteiger partial charge in [0.25, 0.3) is 0 Å². The molecular weight excluding hydrogens is 215 g/mol. The maximum absolute atomic E-state index is 12.2. The molecule has 5 heteroatoms. The summed E-state index contributed by atoms with van der Waals surface area (Å²) in [5.41, 5.74) is 1.14. The van der Waals surface area contributed by atoms with Crippen molar-refractivity contribution in [3.63, 3.8) is 0 Å². The minimum atomic E-state index is -0.521. The number of hydrogen-bond donors (Lipinski definition) is 0. The van der Waals surface area contributed by atoms with Crippen LogP contribution in [0.4, 0.5) is 4.39 Å². The number of nitrogens with zero attached hydrogens (tertiary/aromatic N) is 2. The van der Waals surface area contributed by atoms with Crippen LogP contribution in [0.2, 0.25) is 0 Å². The van der Waals surface area contributed by atoms with Crippen LogP contribution in [-0.2, 0) is 6.54 Å². The largest absolute Gasteiger partial charge is 0.296 e. The summed E-state index contributed by atoms with van der Waals surface area (Å²) in [6.07, 6.45) is 0.694. The van der Waals surface area contributed by atoms with E-state index in [-0.39, 0.29) is 6.54 Å². The van der Waals surface area contributed by atoms with Crippen molar-refractivity contribution in [2.75, 3.05) is 6.67 Å². The van der Waals surface area contributed by atoms with Crippen molar-refractivity contribution >= 4 is 17.6 Å². The van der Waals surface area contributed by atoms with Crippen molar-refractivity contribution in [2.45, 2.75) is 6.54 Å². The Morgan fingerprint density at radius 1 is 1.60 bits per heavy atom. The summed E-state index contributed by atoms with van der Waals surface area (Å²) in [5.74, 6) is 0. The SMILES string of the molecule is O=Cc1cc(-c2cccs2)nn1CCF. The number of carbonyl (C=O) groups is 1. The van der Waals surface area contributed by atoms with E-state index in [9.17, 15) is 9.18 Å². The van der Waals surface area contributed by atoms with E-state index in [4.69, 9.17) is 0 Å². The van der Waals surface area contributed by atoms with E-state index in [1.54, 1.807) is 17.4 Å². The van der Waals surface area contributed by atoms with Crippen LogP contribution in [0.15, 0.2) is 23.6 Å². The van der Waals surface area contributed by atoms with Crippen molar-refractivity contribution in [1.82, 2.24) is 9.78 Å². The molecule has 0 saturated heterocycles. The molecule has 2 aromatic rings. The van der Waals surface area contributed by atoms with E-state index >= 15 is 0 Å². The lowest BCUT2D eigenvalue weighted by Crippen LogP contribution is -2.05. The van der Waals surface area contributed by atoms with Crippen LogP contribution in [0.5, 0.6) is 0 Å². The first kappa shape index (κ1) is 10.0. The predicted octanol–water partition coefficient (Wildman–Crippen LogP) is 2.39. The second-order valence-electron chi connectivity index (χ2n) is 2.96. The number of hydrogen-bond acceptors (Lipinski definition) is 3. The third kappa shape index (κ3) is 1.97. The van der Waals surface area contributed by atoms with Crippen LogP contribution in [0.1, 0.15) is 10.5 Å². The third-order valence-corrected chi connectivity index (χ3v) is 2.89. The van der Waals surface area contributed by atoms with Crippen molar-refractivity contribution in [3.05, 3.63) is 29.3 Å². The third-order valence-electron chi connectivity index (χ3n) is 2.00. The van der Waals surface area contributed by atoms with Gasteiger partial charge in [-0.05, 0) is 17.5 Å². The summed E-state index contributed by atoms with van der Waals surface area (Å²) in [6.45, 7) is -0.397. The van der Waals surface area contributed by atoms with Crippen molar-refractivity contribution in [2.24, 2.45) is 0 Å². The number of alkyl halides is 1. The fourth-order valence-corrected chi connectivity index (χ4v) is 2.01. The number of thiophene rings is 1. The average Bonchev–Trinajstić information content (AvgIpc) is 2.84. The van der Waals surface area contributed by atoms with Gasteiger partial charge in [0.2, 0.25) is 0 Å². The van der Waals surface area contributed by atoms with E-state index in [1.807, 2.05) is 17.5 Å². The number of aromatic nitrogens is 2. The van der Waals surface area contributed by atoms with Gasteiger partial charge in [-0.1, -0.05) is 6.07 Å². The molecule has 0 N–H and O–H groups in total. The Kier molecular flexibility index (Phi) is 2.91. The highest BCUT2D eigenvalue weighted by Gasteiger charge is 2.08. The zero-order chi connectivity index (χ0) is 10.7. The maximum atomic E-state index is 12.2. The Morgan fingerprint density at radius 2 is 2.47 bits per heavy atom. The summed E-state index contributed by atoms with van der Waals surface area (Å²) in [6, 6.07) is 5.50. The summed E-state index contributed by atoms with van der Waals surface area (Å²) in [7, 11) is 0. The van der Waals surface area contributed by atoms with Gasteiger partial charge in [0.05, 0.1) is 11.4 Å². The molecule has 0 bridgehead atoms. The minimum Gasteiger partial charge on any atom is -0.296 e. The summed E-state index contributed by atoms with van der Waals surface area (Å²) < 4.78 is 13.6. The van der Waals surface area contributed by atoms with Gasteiger partial charge in [-0.3, -0.25) is 9.48 Å². The van der Waals surface area contributed by atoms with Crippen LogP contribution in [-0.4, -0.2) is 22.7 Å².